The Bertz CT molecular complexity index is 2470. The van der Waals surface area contributed by atoms with E-state index in [1.54, 1.807) is 46.2 Å². The summed E-state index contributed by atoms with van der Waals surface area (Å²) in [5.41, 5.74) is 4.66. The Morgan fingerprint density at radius 1 is 0.983 bits per heavy atom. The summed E-state index contributed by atoms with van der Waals surface area (Å²) in [6, 6.07) is 17.4. The summed E-state index contributed by atoms with van der Waals surface area (Å²) in [7, 11) is 1.56. The van der Waals surface area contributed by atoms with Gasteiger partial charge < -0.3 is 19.9 Å². The molecule has 58 heavy (non-hydrogen) atoms. The quantitative estimate of drug-likeness (QED) is 0.119. The number of esters is 1. The highest BCUT2D eigenvalue weighted by Crippen LogP contribution is 2.42. The van der Waals surface area contributed by atoms with Gasteiger partial charge in [0.2, 0.25) is 11.8 Å². The molecule has 13 nitrogen and oxygen atoms in total. The maximum atomic E-state index is 13.6. The summed E-state index contributed by atoms with van der Waals surface area (Å²) < 4.78 is 12.7. The molecule has 0 aliphatic carbocycles. The van der Waals surface area contributed by atoms with Crippen molar-refractivity contribution < 1.29 is 29.0 Å². The number of carboxylic acid groups (broad SMARTS) is 1. The second-order valence-electron chi connectivity index (χ2n) is 15.6. The maximum Gasteiger partial charge on any atom is 0.325 e. The number of benzene rings is 2. The minimum Gasteiger partial charge on any atom is -0.481 e. The van der Waals surface area contributed by atoms with E-state index in [-0.39, 0.29) is 23.9 Å². The van der Waals surface area contributed by atoms with Crippen LogP contribution in [0.15, 0.2) is 77.9 Å². The number of methoxy groups -OCH3 is 1. The molecular formula is C43H44Cl2N6O7. The highest BCUT2D eigenvalue weighted by atomic mass is 35.5. The molecule has 3 aromatic heterocycles. The van der Waals surface area contributed by atoms with Crippen LogP contribution in [0, 0.1) is 5.92 Å². The van der Waals surface area contributed by atoms with Crippen LogP contribution >= 0.6 is 23.2 Å². The molecule has 2 fully saturated rings. The molecule has 1 amide bonds. The molecule has 2 aliphatic heterocycles. The number of amides is 1. The van der Waals surface area contributed by atoms with E-state index in [4.69, 9.17) is 37.7 Å². The summed E-state index contributed by atoms with van der Waals surface area (Å²) in [5, 5.41) is 16.3. The van der Waals surface area contributed by atoms with Crippen molar-refractivity contribution in [2.75, 3.05) is 20.2 Å². The van der Waals surface area contributed by atoms with Crippen molar-refractivity contribution in [2.24, 2.45) is 5.92 Å². The number of hydrogen-bond donors (Lipinski definition) is 3. The predicted molar refractivity (Wildman–Crippen MR) is 221 cm³/mol. The minimum absolute atomic E-state index is 0.0283. The minimum atomic E-state index is -0.849. The molecular weight excluding hydrogens is 783 g/mol. The van der Waals surface area contributed by atoms with Crippen molar-refractivity contribution in [3.63, 3.8) is 0 Å². The Morgan fingerprint density at radius 2 is 1.69 bits per heavy atom. The Morgan fingerprint density at radius 3 is 2.34 bits per heavy atom. The van der Waals surface area contributed by atoms with E-state index >= 15 is 0 Å². The summed E-state index contributed by atoms with van der Waals surface area (Å²) in [5.74, 6) is -1.37. The Hall–Kier alpha value is -5.34. The summed E-state index contributed by atoms with van der Waals surface area (Å²) >= 11 is 14.2. The lowest BCUT2D eigenvalue weighted by atomic mass is 9.97. The van der Waals surface area contributed by atoms with E-state index < -0.39 is 29.6 Å². The predicted octanol–water partition coefficient (Wildman–Crippen LogP) is 6.39. The van der Waals surface area contributed by atoms with Gasteiger partial charge in [0.15, 0.2) is 0 Å². The average molecular weight is 828 g/mol. The van der Waals surface area contributed by atoms with Gasteiger partial charge >= 0.3 is 11.9 Å². The number of aliphatic carboxylic acids is 1. The molecule has 2 aromatic carbocycles. The van der Waals surface area contributed by atoms with E-state index in [2.05, 4.69) is 20.5 Å². The van der Waals surface area contributed by atoms with Crippen LogP contribution in [0.3, 0.4) is 0 Å². The van der Waals surface area contributed by atoms with Gasteiger partial charge in [0.1, 0.15) is 17.3 Å². The number of fused-ring (bicyclic) bond motifs is 1. The highest BCUT2D eigenvalue weighted by Gasteiger charge is 2.36. The standard InChI is InChI=1S/C43H44Cl2N6O7/c1-43(2,3)58-42(56)38(33-13-14-35(52)48-33)47-21-27-20-46-34-19-24(16-18-51(34)40(27)53)28-7-5-8-29(36(28)44)30-9-6-10-31(37(30)45)32-12-11-25(39(49-32)57-4)22-50-17-15-26(23-50)41(54)55/h5-12,16,18-20,26,33,38,47H,13-15,17,21-23H2,1-4H3,(H,48,52)(H,54,55)/t26-,33-,38?/m0/s1. The van der Waals surface area contributed by atoms with E-state index in [0.29, 0.717) is 94.0 Å². The van der Waals surface area contributed by atoms with Gasteiger partial charge in [-0.05, 0) is 63.9 Å². The number of pyridine rings is 2. The molecule has 3 atom stereocenters. The lowest BCUT2D eigenvalue weighted by Crippen LogP contribution is -2.52. The van der Waals surface area contributed by atoms with E-state index in [0.717, 1.165) is 11.1 Å². The number of carboxylic acids is 1. The number of carbonyl (C=O) groups is 3. The SMILES string of the molecule is COc1nc(-c2cccc(-c3cccc(-c4ccn5c(=O)c(CNC(C(=O)OC(C)(C)C)[C@@H]6CCC(=O)N6)cnc5c4)c3Cl)c2Cl)ccc1CN1CC[C@H](C(=O)O)C1. The number of ether oxygens (including phenoxy) is 2. The molecule has 2 aliphatic rings. The first-order chi connectivity index (χ1) is 27.7. The Balaban J connectivity index is 1.12. The van der Waals surface area contributed by atoms with Crippen LogP contribution in [0.4, 0.5) is 0 Å². The highest BCUT2D eigenvalue weighted by molar-refractivity contribution is 6.39. The second-order valence-corrected chi connectivity index (χ2v) is 16.4. The molecule has 0 spiro atoms. The average Bonchev–Trinajstić information content (AvgIpc) is 3.84. The zero-order chi connectivity index (χ0) is 41.3. The summed E-state index contributed by atoms with van der Waals surface area (Å²) in [6.07, 6.45) is 4.50. The molecule has 0 radical (unpaired) electrons. The Labute approximate surface area is 345 Å². The van der Waals surface area contributed by atoms with Crippen LogP contribution in [0.2, 0.25) is 10.0 Å². The van der Waals surface area contributed by atoms with Gasteiger partial charge in [-0.3, -0.25) is 33.8 Å². The molecule has 3 N–H and O–H groups in total. The van der Waals surface area contributed by atoms with Gasteiger partial charge in [-0.15, -0.1) is 0 Å². The molecule has 5 aromatic rings. The van der Waals surface area contributed by atoms with Gasteiger partial charge in [0.25, 0.3) is 5.56 Å². The van der Waals surface area contributed by atoms with E-state index in [9.17, 15) is 24.3 Å². The van der Waals surface area contributed by atoms with Crippen molar-refractivity contribution in [1.82, 2.24) is 29.9 Å². The van der Waals surface area contributed by atoms with Crippen LogP contribution in [0.1, 0.15) is 51.2 Å². The molecule has 1 unspecified atom stereocenters. The smallest absolute Gasteiger partial charge is 0.325 e. The number of nitrogens with one attached hydrogen (secondary N) is 2. The van der Waals surface area contributed by atoms with Crippen LogP contribution in [0.25, 0.3) is 39.2 Å². The fraction of sp³-hybridized carbons (Fsp3) is 0.349. The summed E-state index contributed by atoms with van der Waals surface area (Å²) in [4.78, 5) is 61.6. The molecule has 7 rings (SSSR count). The molecule has 5 heterocycles. The third-order valence-corrected chi connectivity index (χ3v) is 11.2. The van der Waals surface area contributed by atoms with Crippen molar-refractivity contribution in [3.8, 4) is 39.4 Å². The monoisotopic (exact) mass is 826 g/mol. The number of hydrogen-bond acceptors (Lipinski definition) is 10. The van der Waals surface area contributed by atoms with E-state index in [1.165, 1.54) is 10.6 Å². The largest absolute Gasteiger partial charge is 0.481 e. The number of halogens is 2. The van der Waals surface area contributed by atoms with Gasteiger partial charge in [-0.25, -0.2) is 9.97 Å². The number of carbonyl (C=O) groups excluding carboxylic acids is 2. The number of likely N-dealkylation sites (tertiary alicyclic amines) is 1. The fourth-order valence-corrected chi connectivity index (χ4v) is 8.16. The van der Waals surface area contributed by atoms with Gasteiger partial charge in [-0.2, -0.15) is 0 Å². The van der Waals surface area contributed by atoms with Crippen LogP contribution in [-0.2, 0) is 32.2 Å². The fourth-order valence-electron chi connectivity index (χ4n) is 7.50. The number of nitrogens with zero attached hydrogens (tertiary/aromatic N) is 4. The third-order valence-electron chi connectivity index (χ3n) is 10.4. The van der Waals surface area contributed by atoms with Crippen molar-refractivity contribution in [1.29, 1.82) is 0 Å². The third kappa shape index (κ3) is 8.73. The second kappa shape index (κ2) is 16.9. The van der Waals surface area contributed by atoms with Crippen LogP contribution in [0.5, 0.6) is 5.88 Å². The van der Waals surface area contributed by atoms with Crippen molar-refractivity contribution >= 4 is 46.7 Å². The maximum absolute atomic E-state index is 13.6. The van der Waals surface area contributed by atoms with Gasteiger partial charge in [-0.1, -0.05) is 65.7 Å². The first-order valence-electron chi connectivity index (χ1n) is 19.0. The number of rotatable bonds is 12. The van der Waals surface area contributed by atoms with Crippen molar-refractivity contribution in [3.05, 3.63) is 105 Å². The lowest BCUT2D eigenvalue weighted by Gasteiger charge is -2.27. The molecule has 0 saturated carbocycles. The molecule has 15 heteroatoms. The zero-order valence-corrected chi connectivity index (χ0v) is 34.1. The van der Waals surface area contributed by atoms with Crippen molar-refractivity contribution in [2.45, 2.75) is 70.8 Å². The van der Waals surface area contributed by atoms with Gasteiger partial charge in [0, 0.05) is 66.3 Å². The molecule has 2 saturated heterocycles. The lowest BCUT2D eigenvalue weighted by molar-refractivity contribution is -0.158. The van der Waals surface area contributed by atoms with Crippen LogP contribution < -0.4 is 20.9 Å². The Kier molecular flexibility index (Phi) is 11.9. The number of aromatic nitrogens is 3. The first kappa shape index (κ1) is 40.8. The normalized spacial score (nSPS) is 17.7. The molecule has 0 bridgehead atoms. The first-order valence-corrected chi connectivity index (χ1v) is 19.8. The molecule has 302 valence electrons. The van der Waals surface area contributed by atoms with Crippen LogP contribution in [-0.4, -0.2) is 80.1 Å². The summed E-state index contributed by atoms with van der Waals surface area (Å²) in [6.45, 7) is 7.03. The van der Waals surface area contributed by atoms with Gasteiger partial charge in [0.05, 0.1) is 40.4 Å². The van der Waals surface area contributed by atoms with E-state index in [1.807, 2.05) is 48.5 Å². The topological polar surface area (TPSA) is 164 Å². The zero-order valence-electron chi connectivity index (χ0n) is 32.6.